The van der Waals surface area contributed by atoms with Crippen LogP contribution >= 0.6 is 0 Å². The second-order valence-electron chi connectivity index (χ2n) is 6.36. The van der Waals surface area contributed by atoms with Crippen LogP contribution in [-0.4, -0.2) is 70.5 Å². The quantitative estimate of drug-likeness (QED) is 0.849. The molecule has 1 aromatic heterocycles. The van der Waals surface area contributed by atoms with Crippen LogP contribution in [0, 0.1) is 0 Å². The molecule has 0 bridgehead atoms. The molecular weight excluding hydrogens is 338 g/mol. The average Bonchev–Trinajstić information content (AvgIpc) is 3.04. The highest BCUT2D eigenvalue weighted by Gasteiger charge is 2.38. The van der Waals surface area contributed by atoms with Gasteiger partial charge in [0.05, 0.1) is 24.2 Å². The molecule has 2 aliphatic heterocycles. The minimum Gasteiger partial charge on any atom is -0.447 e. The second-order valence-corrected chi connectivity index (χ2v) is 6.36. The Morgan fingerprint density at radius 3 is 3.00 bits per heavy atom. The molecule has 3 amide bonds. The molecule has 26 heavy (non-hydrogen) atoms. The maximum atomic E-state index is 12.4. The summed E-state index contributed by atoms with van der Waals surface area (Å²) in [5, 5.41) is 8.36. The Hall–Kier alpha value is -3.10. The highest BCUT2D eigenvalue weighted by Crippen LogP contribution is 2.17. The first-order valence-electron chi connectivity index (χ1n) is 8.54. The first kappa shape index (κ1) is 16.4. The third kappa shape index (κ3) is 2.96. The topological polar surface area (TPSA) is 96.8 Å². The van der Waals surface area contributed by atoms with Gasteiger partial charge in [-0.3, -0.25) is 9.69 Å². The van der Waals surface area contributed by atoms with Gasteiger partial charge < -0.3 is 15.0 Å². The number of urea groups is 1. The molecule has 1 atom stereocenters. The van der Waals surface area contributed by atoms with Crippen molar-refractivity contribution >= 4 is 22.9 Å². The van der Waals surface area contributed by atoms with Gasteiger partial charge in [-0.05, 0) is 6.07 Å². The SMILES string of the molecule is O=C(NCCn1ncc2ccccc2c1=O)N1CCN2C(=O)OC[C@@H]2C1. The van der Waals surface area contributed by atoms with Crippen molar-refractivity contribution in [1.29, 1.82) is 0 Å². The van der Waals surface area contributed by atoms with Gasteiger partial charge in [0.1, 0.15) is 6.61 Å². The predicted molar refractivity (Wildman–Crippen MR) is 92.8 cm³/mol. The van der Waals surface area contributed by atoms with Crippen LogP contribution in [0.2, 0.25) is 0 Å². The predicted octanol–water partition coefficient (Wildman–Crippen LogP) is 0.243. The van der Waals surface area contributed by atoms with E-state index in [0.29, 0.717) is 44.7 Å². The summed E-state index contributed by atoms with van der Waals surface area (Å²) in [7, 11) is 0. The van der Waals surface area contributed by atoms with Crippen molar-refractivity contribution < 1.29 is 14.3 Å². The van der Waals surface area contributed by atoms with Crippen molar-refractivity contribution in [2.75, 3.05) is 32.8 Å². The number of ether oxygens (including phenoxy) is 1. The zero-order valence-electron chi connectivity index (χ0n) is 14.1. The van der Waals surface area contributed by atoms with E-state index >= 15 is 0 Å². The number of benzene rings is 1. The van der Waals surface area contributed by atoms with Crippen molar-refractivity contribution in [2.24, 2.45) is 0 Å². The van der Waals surface area contributed by atoms with Gasteiger partial charge in [0, 0.05) is 31.6 Å². The van der Waals surface area contributed by atoms with Crippen LogP contribution < -0.4 is 10.9 Å². The minimum absolute atomic E-state index is 0.0771. The lowest BCUT2D eigenvalue weighted by Crippen LogP contribution is -2.56. The number of carbonyl (C=O) groups excluding carboxylic acids is 2. The fourth-order valence-electron chi connectivity index (χ4n) is 3.34. The molecule has 0 spiro atoms. The van der Waals surface area contributed by atoms with Crippen LogP contribution in [0.5, 0.6) is 0 Å². The third-order valence-electron chi connectivity index (χ3n) is 4.77. The number of carbonyl (C=O) groups is 2. The van der Waals surface area contributed by atoms with Gasteiger partial charge in [0.2, 0.25) is 0 Å². The Morgan fingerprint density at radius 2 is 2.12 bits per heavy atom. The van der Waals surface area contributed by atoms with E-state index in [2.05, 4.69) is 10.4 Å². The largest absolute Gasteiger partial charge is 0.447 e. The lowest BCUT2D eigenvalue weighted by Gasteiger charge is -2.35. The molecule has 0 saturated carbocycles. The fourth-order valence-corrected chi connectivity index (χ4v) is 3.34. The number of rotatable bonds is 3. The average molecular weight is 357 g/mol. The molecule has 2 aromatic rings. The van der Waals surface area contributed by atoms with E-state index in [1.54, 1.807) is 22.1 Å². The zero-order valence-corrected chi connectivity index (χ0v) is 14.1. The van der Waals surface area contributed by atoms with Crippen LogP contribution in [0.25, 0.3) is 10.8 Å². The lowest BCUT2D eigenvalue weighted by molar-refractivity contribution is 0.127. The second kappa shape index (κ2) is 6.66. The highest BCUT2D eigenvalue weighted by atomic mass is 16.6. The van der Waals surface area contributed by atoms with E-state index in [1.807, 2.05) is 18.2 Å². The molecule has 3 heterocycles. The van der Waals surface area contributed by atoms with Crippen LogP contribution in [-0.2, 0) is 11.3 Å². The van der Waals surface area contributed by atoms with Gasteiger partial charge in [0.25, 0.3) is 5.56 Å². The summed E-state index contributed by atoms with van der Waals surface area (Å²) in [6.45, 7) is 2.30. The van der Waals surface area contributed by atoms with Crippen LogP contribution in [0.4, 0.5) is 9.59 Å². The molecule has 0 unspecified atom stereocenters. The molecule has 2 aliphatic rings. The van der Waals surface area contributed by atoms with Crippen molar-refractivity contribution in [1.82, 2.24) is 24.9 Å². The normalized spacial score (nSPS) is 19.4. The highest BCUT2D eigenvalue weighted by molar-refractivity contribution is 5.80. The molecule has 0 radical (unpaired) electrons. The Kier molecular flexibility index (Phi) is 4.19. The number of aromatic nitrogens is 2. The maximum Gasteiger partial charge on any atom is 0.410 e. The summed E-state index contributed by atoms with van der Waals surface area (Å²) in [4.78, 5) is 39.5. The molecule has 1 aromatic carbocycles. The van der Waals surface area contributed by atoms with Gasteiger partial charge >= 0.3 is 12.1 Å². The van der Waals surface area contributed by atoms with Gasteiger partial charge in [-0.15, -0.1) is 0 Å². The van der Waals surface area contributed by atoms with E-state index in [1.165, 1.54) is 4.68 Å². The summed E-state index contributed by atoms with van der Waals surface area (Å²) >= 11 is 0. The van der Waals surface area contributed by atoms with Gasteiger partial charge in [0.15, 0.2) is 0 Å². The van der Waals surface area contributed by atoms with E-state index in [4.69, 9.17) is 4.74 Å². The van der Waals surface area contributed by atoms with Crippen LogP contribution in [0.3, 0.4) is 0 Å². The van der Waals surface area contributed by atoms with E-state index in [-0.39, 0.29) is 23.7 Å². The minimum atomic E-state index is -0.309. The van der Waals surface area contributed by atoms with E-state index < -0.39 is 0 Å². The van der Waals surface area contributed by atoms with Gasteiger partial charge in [-0.25, -0.2) is 14.3 Å². The molecular formula is C17H19N5O4. The Morgan fingerprint density at radius 1 is 1.27 bits per heavy atom. The number of amides is 3. The standard InChI is InChI=1S/C17H19N5O4/c23-15-14-4-2-1-3-12(14)9-19-22(15)6-5-18-16(24)20-7-8-21-13(10-20)11-26-17(21)25/h1-4,9,13H,5-8,10-11H2,(H,18,24)/t13-/m0/s1. The molecule has 9 nitrogen and oxygen atoms in total. The summed E-state index contributed by atoms with van der Waals surface area (Å²) in [5.74, 6) is 0. The van der Waals surface area contributed by atoms with Crippen LogP contribution in [0.1, 0.15) is 0 Å². The number of nitrogens with one attached hydrogen (secondary N) is 1. The summed E-state index contributed by atoms with van der Waals surface area (Å²) in [5.41, 5.74) is -0.174. The molecule has 9 heteroatoms. The summed E-state index contributed by atoms with van der Waals surface area (Å²) < 4.78 is 6.35. The number of nitrogens with zero attached hydrogens (tertiary/aromatic N) is 4. The van der Waals surface area contributed by atoms with E-state index in [9.17, 15) is 14.4 Å². The van der Waals surface area contributed by atoms with Crippen LogP contribution in [0.15, 0.2) is 35.3 Å². The van der Waals surface area contributed by atoms with E-state index in [0.717, 1.165) is 5.39 Å². The molecule has 2 fully saturated rings. The van der Waals surface area contributed by atoms with Crippen molar-refractivity contribution in [2.45, 2.75) is 12.6 Å². The molecule has 0 aliphatic carbocycles. The van der Waals surface area contributed by atoms with Gasteiger partial charge in [-0.1, -0.05) is 18.2 Å². The molecule has 136 valence electrons. The Balaban J connectivity index is 1.34. The first-order chi connectivity index (χ1) is 12.6. The summed E-state index contributed by atoms with van der Waals surface area (Å²) in [6, 6.07) is 6.99. The molecule has 4 rings (SSSR count). The number of hydrogen-bond donors (Lipinski definition) is 1. The maximum absolute atomic E-state index is 12.4. The number of fused-ring (bicyclic) bond motifs is 2. The Labute approximate surface area is 149 Å². The third-order valence-corrected chi connectivity index (χ3v) is 4.77. The lowest BCUT2D eigenvalue weighted by atomic mass is 10.2. The number of hydrogen-bond acceptors (Lipinski definition) is 5. The smallest absolute Gasteiger partial charge is 0.410 e. The molecule has 1 N–H and O–H groups in total. The van der Waals surface area contributed by atoms with Crippen molar-refractivity contribution in [3.05, 3.63) is 40.8 Å². The van der Waals surface area contributed by atoms with Crippen molar-refractivity contribution in [3.8, 4) is 0 Å². The van der Waals surface area contributed by atoms with Gasteiger partial charge in [-0.2, -0.15) is 5.10 Å². The first-order valence-corrected chi connectivity index (χ1v) is 8.54. The summed E-state index contributed by atoms with van der Waals surface area (Å²) in [6.07, 6.45) is 1.34. The van der Waals surface area contributed by atoms with Crippen molar-refractivity contribution in [3.63, 3.8) is 0 Å². The number of piperazine rings is 1. The zero-order chi connectivity index (χ0) is 18.1. The Bertz CT molecular complexity index is 911. The number of cyclic esters (lactones) is 1. The fraction of sp³-hybridized carbons (Fsp3) is 0.412. The monoisotopic (exact) mass is 357 g/mol. The molecule has 2 saturated heterocycles.